The predicted molar refractivity (Wildman–Crippen MR) is 64.9 cm³/mol. The Kier molecular flexibility index (Phi) is 3.94. The van der Waals surface area contributed by atoms with E-state index in [0.29, 0.717) is 12.8 Å². The summed E-state index contributed by atoms with van der Waals surface area (Å²) in [7, 11) is 0. The molecule has 1 aromatic rings. The molecule has 1 aliphatic carbocycles. The number of aliphatic hydroxyl groups excluding tert-OH is 1. The van der Waals surface area contributed by atoms with Crippen molar-refractivity contribution in [1.82, 2.24) is 0 Å². The van der Waals surface area contributed by atoms with Crippen molar-refractivity contribution in [1.29, 1.82) is 0 Å². The molecule has 0 aromatic heterocycles. The van der Waals surface area contributed by atoms with E-state index in [1.54, 1.807) is 0 Å². The van der Waals surface area contributed by atoms with E-state index in [1.807, 2.05) is 0 Å². The largest absolute Gasteiger partial charge is 0.391 e. The van der Waals surface area contributed by atoms with Crippen LogP contribution in [0.25, 0.3) is 0 Å². The molecule has 1 fully saturated rings. The number of nitrogens with one attached hydrogen (secondary N) is 1. The monoisotopic (exact) mass is 272 g/mol. The fourth-order valence-electron chi connectivity index (χ4n) is 2.29. The minimum atomic E-state index is -1.29. The van der Waals surface area contributed by atoms with Gasteiger partial charge in [0.05, 0.1) is 17.1 Å². The molecule has 2 rings (SSSR count). The van der Waals surface area contributed by atoms with Crippen molar-refractivity contribution in [3.63, 3.8) is 0 Å². The fraction of sp³-hybridized carbons (Fsp3) is 0.500. The minimum Gasteiger partial charge on any atom is -0.391 e. The number of nitro groups is 1. The maximum atomic E-state index is 13.7. The van der Waals surface area contributed by atoms with Crippen molar-refractivity contribution in [2.45, 2.75) is 37.8 Å². The molecule has 2 unspecified atom stereocenters. The lowest BCUT2D eigenvalue weighted by Gasteiger charge is -2.29. The average Bonchev–Trinajstić information content (AvgIpc) is 2.37. The van der Waals surface area contributed by atoms with E-state index in [2.05, 4.69) is 5.32 Å². The van der Waals surface area contributed by atoms with Crippen molar-refractivity contribution < 1.29 is 18.8 Å². The van der Waals surface area contributed by atoms with Crippen LogP contribution in [0, 0.1) is 21.7 Å². The summed E-state index contributed by atoms with van der Waals surface area (Å²) in [6.07, 6.45) is 2.08. The summed E-state index contributed by atoms with van der Waals surface area (Å²) in [6, 6.07) is 1.13. The van der Waals surface area contributed by atoms with Crippen LogP contribution in [0.3, 0.4) is 0 Å². The number of nitrogens with zero attached hydrogens (tertiary/aromatic N) is 1. The van der Waals surface area contributed by atoms with Crippen LogP contribution in [0.2, 0.25) is 0 Å². The zero-order valence-electron chi connectivity index (χ0n) is 10.1. The molecular weight excluding hydrogens is 258 g/mol. The smallest absolute Gasteiger partial charge is 0.295 e. The third-order valence-corrected chi connectivity index (χ3v) is 3.33. The second kappa shape index (κ2) is 5.48. The molecule has 19 heavy (non-hydrogen) atoms. The Morgan fingerprint density at radius 1 is 1.32 bits per heavy atom. The van der Waals surface area contributed by atoms with Crippen molar-refractivity contribution in [2.75, 3.05) is 5.32 Å². The highest BCUT2D eigenvalue weighted by atomic mass is 19.2. The van der Waals surface area contributed by atoms with E-state index in [9.17, 15) is 24.0 Å². The number of hydrogen-bond donors (Lipinski definition) is 2. The van der Waals surface area contributed by atoms with Crippen LogP contribution in [-0.4, -0.2) is 22.2 Å². The summed E-state index contributed by atoms with van der Waals surface area (Å²) in [5, 5.41) is 23.2. The van der Waals surface area contributed by atoms with Gasteiger partial charge in [0, 0.05) is 6.07 Å². The second-order valence-electron chi connectivity index (χ2n) is 4.62. The Bertz CT molecular complexity index is 496. The van der Waals surface area contributed by atoms with Gasteiger partial charge in [0.1, 0.15) is 0 Å². The maximum Gasteiger partial charge on any atom is 0.295 e. The minimum absolute atomic E-state index is 0.490. The van der Waals surface area contributed by atoms with E-state index >= 15 is 0 Å². The van der Waals surface area contributed by atoms with Crippen LogP contribution in [0.4, 0.5) is 20.2 Å². The van der Waals surface area contributed by atoms with Gasteiger partial charge in [-0.2, -0.15) is 0 Å². The molecular formula is C12H14F2N2O3. The number of rotatable bonds is 3. The van der Waals surface area contributed by atoms with Gasteiger partial charge in [-0.15, -0.1) is 0 Å². The lowest BCUT2D eigenvalue weighted by molar-refractivity contribution is -0.384. The van der Waals surface area contributed by atoms with E-state index in [1.165, 1.54) is 0 Å². The zero-order valence-corrected chi connectivity index (χ0v) is 10.1. The van der Waals surface area contributed by atoms with Gasteiger partial charge in [0.25, 0.3) is 5.69 Å². The highest BCUT2D eigenvalue weighted by Gasteiger charge is 2.28. The Morgan fingerprint density at radius 3 is 2.63 bits per heavy atom. The molecule has 5 nitrogen and oxygen atoms in total. The Balaban J connectivity index is 2.32. The Morgan fingerprint density at radius 2 is 2.00 bits per heavy atom. The SMILES string of the molecule is O=[N+]([O-])c1ccc(F)c(F)c1NC1CCCCC1O. The summed E-state index contributed by atoms with van der Waals surface area (Å²) in [5.74, 6) is -2.44. The molecule has 0 aliphatic heterocycles. The lowest BCUT2D eigenvalue weighted by Crippen LogP contribution is -2.36. The molecule has 0 heterocycles. The Labute approximate surface area is 108 Å². The van der Waals surface area contributed by atoms with Crippen LogP contribution in [0.1, 0.15) is 25.7 Å². The van der Waals surface area contributed by atoms with Crippen LogP contribution in [-0.2, 0) is 0 Å². The quantitative estimate of drug-likeness (QED) is 0.655. The van der Waals surface area contributed by atoms with Crippen LogP contribution in [0.5, 0.6) is 0 Å². The molecule has 0 spiro atoms. The molecule has 1 aromatic carbocycles. The molecule has 0 bridgehead atoms. The zero-order chi connectivity index (χ0) is 14.0. The molecule has 2 atom stereocenters. The summed E-state index contributed by atoms with van der Waals surface area (Å²) in [6.45, 7) is 0. The highest BCUT2D eigenvalue weighted by molar-refractivity contribution is 5.63. The van der Waals surface area contributed by atoms with Crippen LogP contribution in [0.15, 0.2) is 12.1 Å². The first kappa shape index (κ1) is 13.7. The molecule has 7 heteroatoms. The topological polar surface area (TPSA) is 75.4 Å². The molecule has 0 radical (unpaired) electrons. The van der Waals surface area contributed by atoms with Gasteiger partial charge in [0.2, 0.25) is 0 Å². The first-order valence-corrected chi connectivity index (χ1v) is 6.07. The number of hydrogen-bond acceptors (Lipinski definition) is 4. The number of halogens is 2. The van der Waals surface area contributed by atoms with Gasteiger partial charge in [0.15, 0.2) is 17.3 Å². The average molecular weight is 272 g/mol. The summed E-state index contributed by atoms with van der Waals surface area (Å²) in [4.78, 5) is 10.0. The third-order valence-electron chi connectivity index (χ3n) is 3.33. The normalized spacial score (nSPS) is 23.1. The lowest BCUT2D eigenvalue weighted by atomic mass is 9.92. The standard InChI is InChI=1S/C12H14F2N2O3/c13-7-5-6-9(16(18)19)12(11(7)14)15-8-3-1-2-4-10(8)17/h5-6,8,10,15,17H,1-4H2. The fourth-order valence-corrected chi connectivity index (χ4v) is 2.29. The molecule has 104 valence electrons. The van der Waals surface area contributed by atoms with Crippen molar-refractivity contribution in [3.8, 4) is 0 Å². The van der Waals surface area contributed by atoms with E-state index in [-0.39, 0.29) is 0 Å². The number of aliphatic hydroxyl groups is 1. The van der Waals surface area contributed by atoms with Crippen molar-refractivity contribution >= 4 is 11.4 Å². The summed E-state index contributed by atoms with van der Waals surface area (Å²) >= 11 is 0. The van der Waals surface area contributed by atoms with E-state index in [4.69, 9.17) is 0 Å². The maximum absolute atomic E-state index is 13.7. The van der Waals surface area contributed by atoms with Crippen molar-refractivity contribution in [3.05, 3.63) is 33.9 Å². The first-order chi connectivity index (χ1) is 9.00. The van der Waals surface area contributed by atoms with Crippen LogP contribution < -0.4 is 5.32 Å². The van der Waals surface area contributed by atoms with Gasteiger partial charge in [-0.25, -0.2) is 8.78 Å². The van der Waals surface area contributed by atoms with Gasteiger partial charge >= 0.3 is 0 Å². The number of benzene rings is 1. The molecule has 1 saturated carbocycles. The summed E-state index contributed by atoms with van der Waals surface area (Å²) in [5.41, 5.74) is -1.02. The molecule has 2 N–H and O–H groups in total. The summed E-state index contributed by atoms with van der Waals surface area (Å²) < 4.78 is 26.9. The molecule has 0 amide bonds. The van der Waals surface area contributed by atoms with E-state index in [0.717, 1.165) is 25.0 Å². The Hall–Kier alpha value is -1.76. The van der Waals surface area contributed by atoms with Gasteiger partial charge in [-0.3, -0.25) is 10.1 Å². The second-order valence-corrected chi connectivity index (χ2v) is 4.62. The predicted octanol–water partition coefficient (Wildman–Crippen LogP) is 2.59. The molecule has 1 aliphatic rings. The van der Waals surface area contributed by atoms with Gasteiger partial charge in [-0.1, -0.05) is 12.8 Å². The first-order valence-electron chi connectivity index (χ1n) is 6.07. The highest BCUT2D eigenvalue weighted by Crippen LogP contribution is 2.32. The van der Waals surface area contributed by atoms with Crippen LogP contribution >= 0.6 is 0 Å². The van der Waals surface area contributed by atoms with E-state index < -0.39 is 40.1 Å². The number of nitro benzene ring substituents is 1. The third kappa shape index (κ3) is 2.81. The van der Waals surface area contributed by atoms with Gasteiger partial charge in [-0.05, 0) is 18.9 Å². The number of anilines is 1. The molecule has 0 saturated heterocycles. The van der Waals surface area contributed by atoms with Gasteiger partial charge < -0.3 is 10.4 Å². The van der Waals surface area contributed by atoms with Crippen molar-refractivity contribution in [2.24, 2.45) is 0 Å².